The Labute approximate surface area is 168 Å². The topological polar surface area (TPSA) is 72.9 Å². The molecule has 29 heavy (non-hydrogen) atoms. The van der Waals surface area contributed by atoms with E-state index >= 15 is 0 Å². The standard InChI is InChI=1S/C21H20FNO5S/c22-17-4-1-2-5-19(17)29(25,26)15-8-9-18-16(12-15)21(27-10-3-11-28-21)20(24)23(18)13-14-6-7-14/h1-2,4-5,8-9,12,14H,3,6-7,10-11,13H2. The highest BCUT2D eigenvalue weighted by molar-refractivity contribution is 7.91. The molecule has 0 N–H and O–H groups in total. The number of sulfone groups is 1. The molecule has 0 unspecified atom stereocenters. The van der Waals surface area contributed by atoms with Gasteiger partial charge in [-0.1, -0.05) is 12.1 Å². The molecule has 0 aromatic heterocycles. The smallest absolute Gasteiger partial charge is 0.292 e. The minimum atomic E-state index is -4.11. The number of ether oxygens (including phenoxy) is 2. The normalized spacial score (nSPS) is 20.9. The summed E-state index contributed by atoms with van der Waals surface area (Å²) in [6.45, 7) is 1.24. The third-order valence-electron chi connectivity index (χ3n) is 5.61. The van der Waals surface area contributed by atoms with E-state index in [0.29, 0.717) is 43.3 Å². The Kier molecular flexibility index (Phi) is 4.27. The predicted octanol–water partition coefficient (Wildman–Crippen LogP) is 3.00. The van der Waals surface area contributed by atoms with Crippen molar-refractivity contribution in [2.75, 3.05) is 24.7 Å². The quantitative estimate of drug-likeness (QED) is 0.765. The van der Waals surface area contributed by atoms with E-state index in [1.54, 1.807) is 11.0 Å². The molecule has 1 spiro atoms. The van der Waals surface area contributed by atoms with E-state index in [2.05, 4.69) is 0 Å². The van der Waals surface area contributed by atoms with Gasteiger partial charge in [-0.15, -0.1) is 0 Å². The van der Waals surface area contributed by atoms with Gasteiger partial charge in [0, 0.05) is 12.1 Å². The number of carbonyl (C=O) groups is 1. The molecule has 152 valence electrons. The Balaban J connectivity index is 1.64. The third kappa shape index (κ3) is 2.89. The average molecular weight is 417 g/mol. The summed E-state index contributed by atoms with van der Waals surface area (Å²) in [5.41, 5.74) is 0.969. The molecule has 5 rings (SSSR count). The summed E-state index contributed by atoms with van der Waals surface area (Å²) in [7, 11) is -4.11. The molecule has 2 aromatic rings. The number of rotatable bonds is 4. The molecule has 2 fully saturated rings. The fraction of sp³-hybridized carbons (Fsp3) is 0.381. The molecule has 2 aliphatic heterocycles. The lowest BCUT2D eigenvalue weighted by molar-refractivity contribution is -0.256. The first-order valence-electron chi connectivity index (χ1n) is 9.67. The van der Waals surface area contributed by atoms with Gasteiger partial charge >= 0.3 is 0 Å². The molecule has 1 saturated heterocycles. The molecule has 2 heterocycles. The lowest BCUT2D eigenvalue weighted by Gasteiger charge is -2.32. The molecule has 2 aromatic carbocycles. The van der Waals surface area contributed by atoms with E-state index in [0.717, 1.165) is 18.9 Å². The van der Waals surface area contributed by atoms with E-state index in [4.69, 9.17) is 9.47 Å². The van der Waals surface area contributed by atoms with Gasteiger partial charge in [0.2, 0.25) is 9.84 Å². The number of anilines is 1. The van der Waals surface area contributed by atoms with Gasteiger partial charge in [0.25, 0.3) is 11.7 Å². The second-order valence-electron chi connectivity index (χ2n) is 7.64. The van der Waals surface area contributed by atoms with Crippen molar-refractivity contribution in [2.24, 2.45) is 5.92 Å². The van der Waals surface area contributed by atoms with E-state index in [1.807, 2.05) is 0 Å². The molecular formula is C21H20FNO5S. The number of benzene rings is 2. The van der Waals surface area contributed by atoms with Gasteiger partial charge in [-0.2, -0.15) is 0 Å². The summed E-state index contributed by atoms with van der Waals surface area (Å²) in [5, 5.41) is 0. The van der Waals surface area contributed by atoms with Gasteiger partial charge in [-0.25, -0.2) is 12.8 Å². The number of hydrogen-bond donors (Lipinski definition) is 0. The van der Waals surface area contributed by atoms with Gasteiger partial charge < -0.3 is 14.4 Å². The number of carbonyl (C=O) groups excluding carboxylic acids is 1. The fourth-order valence-corrected chi connectivity index (χ4v) is 5.28. The van der Waals surface area contributed by atoms with Crippen LogP contribution in [0.15, 0.2) is 52.3 Å². The van der Waals surface area contributed by atoms with Crippen LogP contribution in [0.3, 0.4) is 0 Å². The Morgan fingerprint density at radius 1 is 1.10 bits per heavy atom. The van der Waals surface area contributed by atoms with Crippen LogP contribution < -0.4 is 4.90 Å². The minimum Gasteiger partial charge on any atom is -0.338 e. The van der Waals surface area contributed by atoms with E-state index < -0.39 is 26.3 Å². The molecule has 1 saturated carbocycles. The largest absolute Gasteiger partial charge is 0.338 e. The maximum Gasteiger partial charge on any atom is 0.292 e. The van der Waals surface area contributed by atoms with Crippen LogP contribution in [0.5, 0.6) is 0 Å². The Morgan fingerprint density at radius 3 is 2.52 bits per heavy atom. The van der Waals surface area contributed by atoms with E-state index in [1.165, 1.54) is 30.3 Å². The second-order valence-corrected chi connectivity index (χ2v) is 9.56. The van der Waals surface area contributed by atoms with Crippen molar-refractivity contribution >= 4 is 21.4 Å². The maximum atomic E-state index is 14.2. The first kappa shape index (κ1) is 18.7. The Morgan fingerprint density at radius 2 is 1.83 bits per heavy atom. The SMILES string of the molecule is O=C1N(CC2CC2)c2ccc(S(=O)(=O)c3ccccc3F)cc2C12OCCCO2. The van der Waals surface area contributed by atoms with Crippen molar-refractivity contribution in [1.82, 2.24) is 0 Å². The molecular weight excluding hydrogens is 397 g/mol. The highest BCUT2D eigenvalue weighted by atomic mass is 32.2. The zero-order valence-electron chi connectivity index (χ0n) is 15.6. The summed E-state index contributed by atoms with van der Waals surface area (Å²) in [4.78, 5) is 14.4. The number of nitrogens with zero attached hydrogens (tertiary/aromatic N) is 1. The summed E-state index contributed by atoms with van der Waals surface area (Å²) in [6, 6.07) is 9.65. The van der Waals surface area contributed by atoms with Gasteiger partial charge in [0.15, 0.2) is 0 Å². The van der Waals surface area contributed by atoms with Crippen molar-refractivity contribution in [3.8, 4) is 0 Å². The molecule has 8 heteroatoms. The van der Waals surface area contributed by atoms with E-state index in [9.17, 15) is 17.6 Å². The molecule has 0 radical (unpaired) electrons. The fourth-order valence-electron chi connectivity index (χ4n) is 3.92. The number of fused-ring (bicyclic) bond motifs is 2. The lowest BCUT2D eigenvalue weighted by atomic mass is 10.1. The van der Waals surface area contributed by atoms with Crippen LogP contribution in [0.4, 0.5) is 10.1 Å². The van der Waals surface area contributed by atoms with Crippen LogP contribution in [-0.4, -0.2) is 34.1 Å². The summed E-state index contributed by atoms with van der Waals surface area (Å²) >= 11 is 0. The lowest BCUT2D eigenvalue weighted by Crippen LogP contribution is -2.47. The predicted molar refractivity (Wildman–Crippen MR) is 102 cm³/mol. The second kappa shape index (κ2) is 6.62. The van der Waals surface area contributed by atoms with Gasteiger partial charge in [-0.3, -0.25) is 4.79 Å². The Bertz CT molecular complexity index is 1090. The van der Waals surface area contributed by atoms with Crippen LogP contribution in [0.2, 0.25) is 0 Å². The highest BCUT2D eigenvalue weighted by Crippen LogP contribution is 2.48. The van der Waals surface area contributed by atoms with Crippen molar-refractivity contribution in [3.05, 3.63) is 53.8 Å². The summed E-state index contributed by atoms with van der Waals surface area (Å²) in [5.74, 6) is -2.32. The van der Waals surface area contributed by atoms with Crippen LogP contribution in [0, 0.1) is 11.7 Å². The summed E-state index contributed by atoms with van der Waals surface area (Å²) < 4.78 is 51.9. The molecule has 0 atom stereocenters. The molecule has 1 aliphatic carbocycles. The third-order valence-corrected chi connectivity index (χ3v) is 7.40. The van der Waals surface area contributed by atoms with Crippen LogP contribution in [0.1, 0.15) is 24.8 Å². The zero-order valence-corrected chi connectivity index (χ0v) is 16.5. The molecule has 0 bridgehead atoms. The maximum absolute atomic E-state index is 14.2. The summed E-state index contributed by atoms with van der Waals surface area (Å²) in [6.07, 6.45) is 2.78. The van der Waals surface area contributed by atoms with Gasteiger partial charge in [0.1, 0.15) is 10.7 Å². The van der Waals surface area contributed by atoms with Gasteiger partial charge in [-0.05, 0) is 55.5 Å². The van der Waals surface area contributed by atoms with Crippen LogP contribution in [-0.2, 0) is 29.9 Å². The van der Waals surface area contributed by atoms with Crippen molar-refractivity contribution in [2.45, 2.75) is 34.8 Å². The molecule has 1 amide bonds. The van der Waals surface area contributed by atoms with E-state index in [-0.39, 0.29) is 10.8 Å². The number of hydrogen-bond acceptors (Lipinski definition) is 5. The number of amides is 1. The first-order valence-corrected chi connectivity index (χ1v) is 11.2. The van der Waals surface area contributed by atoms with Gasteiger partial charge in [0.05, 0.1) is 23.8 Å². The molecule has 3 aliphatic rings. The first-order chi connectivity index (χ1) is 13.9. The van der Waals surface area contributed by atoms with Crippen LogP contribution in [0.25, 0.3) is 0 Å². The average Bonchev–Trinajstić information content (AvgIpc) is 3.53. The monoisotopic (exact) mass is 417 g/mol. The Hall–Kier alpha value is -2.29. The highest BCUT2D eigenvalue weighted by Gasteiger charge is 2.55. The van der Waals surface area contributed by atoms with Crippen molar-refractivity contribution in [1.29, 1.82) is 0 Å². The minimum absolute atomic E-state index is 0.0976. The van der Waals surface area contributed by atoms with Crippen molar-refractivity contribution in [3.63, 3.8) is 0 Å². The zero-order chi connectivity index (χ0) is 20.2. The van der Waals surface area contributed by atoms with Crippen molar-refractivity contribution < 1.29 is 27.1 Å². The number of halogens is 1. The van der Waals surface area contributed by atoms with Crippen LogP contribution >= 0.6 is 0 Å². The molecule has 6 nitrogen and oxygen atoms in total.